The third-order valence-electron chi connectivity index (χ3n) is 6.58. The summed E-state index contributed by atoms with van der Waals surface area (Å²) in [5.74, 6) is 0.209. The van der Waals surface area contributed by atoms with Crippen LogP contribution in [0.5, 0.6) is 5.75 Å². The standard InChI is InChI=1S/C31H31F3N2O4S/c1-41(38,39)36-27-19-25(17-18-29(27)40-22-24-13-7-3-8-14-24)28(37)21-35-30(31(32,33)34,26-15-9-4-10-16-26)20-23-11-5-2-6-12-23/h2-19,28,35-37H,20-22H2,1H3. The van der Waals surface area contributed by atoms with Crippen LogP contribution in [0.1, 0.15) is 28.4 Å². The van der Waals surface area contributed by atoms with Gasteiger partial charge in [0.15, 0.2) is 0 Å². The van der Waals surface area contributed by atoms with Crippen molar-refractivity contribution in [1.82, 2.24) is 5.32 Å². The van der Waals surface area contributed by atoms with Crippen LogP contribution >= 0.6 is 0 Å². The van der Waals surface area contributed by atoms with Crippen LogP contribution in [0.25, 0.3) is 0 Å². The highest BCUT2D eigenvalue weighted by atomic mass is 32.2. The molecular weight excluding hydrogens is 553 g/mol. The monoisotopic (exact) mass is 584 g/mol. The fraction of sp³-hybridized carbons (Fsp3) is 0.226. The van der Waals surface area contributed by atoms with Gasteiger partial charge in [0.25, 0.3) is 0 Å². The second kappa shape index (κ2) is 12.8. The number of rotatable bonds is 12. The molecule has 0 radical (unpaired) electrons. The first-order valence-corrected chi connectivity index (χ1v) is 14.7. The van der Waals surface area contributed by atoms with Crippen LogP contribution < -0.4 is 14.8 Å². The van der Waals surface area contributed by atoms with Crippen LogP contribution in [0.2, 0.25) is 0 Å². The van der Waals surface area contributed by atoms with Crippen molar-refractivity contribution < 1.29 is 31.4 Å². The van der Waals surface area contributed by atoms with Gasteiger partial charge in [0.1, 0.15) is 17.9 Å². The van der Waals surface area contributed by atoms with Gasteiger partial charge in [-0.1, -0.05) is 97.1 Å². The van der Waals surface area contributed by atoms with Gasteiger partial charge in [0.2, 0.25) is 10.0 Å². The number of hydrogen-bond donors (Lipinski definition) is 3. The van der Waals surface area contributed by atoms with E-state index in [2.05, 4.69) is 10.0 Å². The number of sulfonamides is 1. The molecule has 0 aliphatic rings. The molecule has 0 saturated heterocycles. The van der Waals surface area contributed by atoms with Crippen LogP contribution in [0.3, 0.4) is 0 Å². The molecule has 4 aromatic carbocycles. The lowest BCUT2D eigenvalue weighted by atomic mass is 9.82. The van der Waals surface area contributed by atoms with Crippen LogP contribution in [0, 0.1) is 0 Å². The van der Waals surface area contributed by atoms with E-state index in [9.17, 15) is 26.7 Å². The second-order valence-corrected chi connectivity index (χ2v) is 11.5. The Morgan fingerprint density at radius 1 is 0.829 bits per heavy atom. The highest BCUT2D eigenvalue weighted by Crippen LogP contribution is 2.42. The zero-order valence-corrected chi connectivity index (χ0v) is 23.1. The molecule has 0 aliphatic heterocycles. The maximum absolute atomic E-state index is 14.9. The van der Waals surface area contributed by atoms with Crippen LogP contribution in [-0.2, 0) is 28.6 Å². The number of halogens is 3. The van der Waals surface area contributed by atoms with E-state index < -0.39 is 40.8 Å². The van der Waals surface area contributed by atoms with E-state index >= 15 is 0 Å². The molecular formula is C31H31F3N2O4S. The van der Waals surface area contributed by atoms with Gasteiger partial charge in [-0.15, -0.1) is 0 Å². The molecule has 41 heavy (non-hydrogen) atoms. The predicted molar refractivity (Wildman–Crippen MR) is 153 cm³/mol. The Balaban J connectivity index is 1.62. The van der Waals surface area contributed by atoms with E-state index in [4.69, 9.17) is 4.74 Å². The summed E-state index contributed by atoms with van der Waals surface area (Å²) in [6, 6.07) is 29.4. The number of aliphatic hydroxyl groups is 1. The number of aliphatic hydroxyl groups excluding tert-OH is 1. The largest absolute Gasteiger partial charge is 0.487 e. The minimum Gasteiger partial charge on any atom is -0.487 e. The van der Waals surface area contributed by atoms with Crippen molar-refractivity contribution in [2.45, 2.75) is 30.8 Å². The molecule has 10 heteroatoms. The van der Waals surface area contributed by atoms with Crippen molar-refractivity contribution >= 4 is 15.7 Å². The van der Waals surface area contributed by atoms with Crippen molar-refractivity contribution in [3.63, 3.8) is 0 Å². The first kappa shape index (κ1) is 30.1. The number of ether oxygens (including phenoxy) is 1. The summed E-state index contributed by atoms with van der Waals surface area (Å²) in [5.41, 5.74) is -0.894. The minimum atomic E-state index is -4.72. The summed E-state index contributed by atoms with van der Waals surface area (Å²) < 4.78 is 76.9. The summed E-state index contributed by atoms with van der Waals surface area (Å²) in [5, 5.41) is 13.7. The maximum atomic E-state index is 14.9. The van der Waals surface area contributed by atoms with Crippen molar-refractivity contribution in [1.29, 1.82) is 0 Å². The fourth-order valence-electron chi connectivity index (χ4n) is 4.54. The predicted octanol–water partition coefficient (Wildman–Crippen LogP) is 5.96. The van der Waals surface area contributed by atoms with E-state index in [1.165, 1.54) is 42.5 Å². The second-order valence-electron chi connectivity index (χ2n) is 9.73. The topological polar surface area (TPSA) is 87.7 Å². The van der Waals surface area contributed by atoms with Gasteiger partial charge < -0.3 is 9.84 Å². The number of alkyl halides is 3. The minimum absolute atomic E-state index is 0.00708. The Labute approximate surface area is 237 Å². The summed E-state index contributed by atoms with van der Waals surface area (Å²) in [6.45, 7) is -0.308. The molecule has 0 bridgehead atoms. The molecule has 0 amide bonds. The smallest absolute Gasteiger partial charge is 0.411 e. The van der Waals surface area contributed by atoms with E-state index in [0.29, 0.717) is 5.56 Å². The van der Waals surface area contributed by atoms with Crippen LogP contribution in [0.4, 0.5) is 18.9 Å². The molecule has 4 aromatic rings. The normalized spacial score (nSPS) is 14.2. The lowest BCUT2D eigenvalue weighted by Gasteiger charge is -2.38. The SMILES string of the molecule is CS(=O)(=O)Nc1cc(C(O)CNC(Cc2ccccc2)(c2ccccc2)C(F)(F)F)ccc1OCc1ccccc1. The Morgan fingerprint density at radius 3 is 1.95 bits per heavy atom. The number of anilines is 1. The average Bonchev–Trinajstić information content (AvgIpc) is 2.94. The van der Waals surface area contributed by atoms with Crippen molar-refractivity contribution in [2.75, 3.05) is 17.5 Å². The van der Waals surface area contributed by atoms with Gasteiger partial charge in [-0.25, -0.2) is 8.42 Å². The molecule has 3 N–H and O–H groups in total. The van der Waals surface area contributed by atoms with E-state index in [-0.39, 0.29) is 29.2 Å². The fourth-order valence-corrected chi connectivity index (χ4v) is 5.10. The summed E-state index contributed by atoms with van der Waals surface area (Å²) in [6.07, 6.45) is -5.55. The zero-order valence-electron chi connectivity index (χ0n) is 22.3. The number of benzene rings is 4. The first-order valence-electron chi connectivity index (χ1n) is 12.8. The number of hydrogen-bond acceptors (Lipinski definition) is 5. The Bertz CT molecular complexity index is 1520. The van der Waals surface area contributed by atoms with Gasteiger partial charge in [0, 0.05) is 13.0 Å². The van der Waals surface area contributed by atoms with Crippen molar-refractivity contribution in [3.8, 4) is 5.75 Å². The molecule has 6 nitrogen and oxygen atoms in total. The molecule has 4 rings (SSSR count). The van der Waals surface area contributed by atoms with Gasteiger partial charge in [-0.3, -0.25) is 10.0 Å². The molecule has 0 fully saturated rings. The summed E-state index contributed by atoms with van der Waals surface area (Å²) >= 11 is 0. The lowest BCUT2D eigenvalue weighted by molar-refractivity contribution is -0.202. The molecule has 2 unspecified atom stereocenters. The third kappa shape index (κ3) is 7.87. The molecule has 2 atom stereocenters. The third-order valence-corrected chi connectivity index (χ3v) is 7.17. The quantitative estimate of drug-likeness (QED) is 0.191. The van der Waals surface area contributed by atoms with E-state index in [0.717, 1.165) is 11.8 Å². The van der Waals surface area contributed by atoms with Crippen molar-refractivity contribution in [3.05, 3.63) is 131 Å². The molecule has 216 valence electrons. The van der Waals surface area contributed by atoms with Crippen molar-refractivity contribution in [2.24, 2.45) is 0 Å². The van der Waals surface area contributed by atoms with Crippen LogP contribution in [0.15, 0.2) is 109 Å². The summed E-state index contributed by atoms with van der Waals surface area (Å²) in [7, 11) is -3.73. The molecule has 0 aliphatic carbocycles. The highest BCUT2D eigenvalue weighted by Gasteiger charge is 2.55. The molecule has 0 spiro atoms. The van der Waals surface area contributed by atoms with Gasteiger partial charge in [0.05, 0.1) is 18.0 Å². The average molecular weight is 585 g/mol. The molecule has 0 heterocycles. The highest BCUT2D eigenvalue weighted by molar-refractivity contribution is 7.92. The Hall–Kier alpha value is -3.86. The van der Waals surface area contributed by atoms with Crippen LogP contribution in [-0.4, -0.2) is 32.5 Å². The van der Waals surface area contributed by atoms with E-state index in [1.807, 2.05) is 30.3 Å². The Kier molecular flexibility index (Phi) is 9.37. The van der Waals surface area contributed by atoms with Gasteiger partial charge >= 0.3 is 6.18 Å². The first-order chi connectivity index (χ1) is 19.5. The van der Waals surface area contributed by atoms with Gasteiger partial charge in [-0.2, -0.15) is 13.2 Å². The Morgan fingerprint density at radius 2 is 1.39 bits per heavy atom. The van der Waals surface area contributed by atoms with E-state index in [1.54, 1.807) is 36.4 Å². The van der Waals surface area contributed by atoms with Gasteiger partial charge in [-0.05, 0) is 34.4 Å². The maximum Gasteiger partial charge on any atom is 0.411 e. The molecule has 0 saturated carbocycles. The zero-order chi connectivity index (χ0) is 29.5. The molecule has 0 aromatic heterocycles. The summed E-state index contributed by atoms with van der Waals surface area (Å²) in [4.78, 5) is 0. The number of nitrogens with one attached hydrogen (secondary N) is 2. The lowest BCUT2D eigenvalue weighted by Crippen LogP contribution is -2.56.